The predicted octanol–water partition coefficient (Wildman–Crippen LogP) is 4.40. The molecule has 1 aromatic carbocycles. The highest BCUT2D eigenvalue weighted by molar-refractivity contribution is 6.59. The van der Waals surface area contributed by atoms with Gasteiger partial charge in [0.1, 0.15) is 10.1 Å². The first-order valence-corrected chi connectivity index (χ1v) is 11.1. The topological polar surface area (TPSA) is 115 Å². The van der Waals surface area contributed by atoms with Crippen molar-refractivity contribution in [3.63, 3.8) is 0 Å². The summed E-state index contributed by atoms with van der Waals surface area (Å²) in [6.07, 6.45) is 3.57. The molecule has 1 heterocycles. The van der Waals surface area contributed by atoms with E-state index in [1.165, 1.54) is 0 Å². The standard InChI is InChI=1S/C25H15Cl2N3O3/c26-19-20(27)23(33)25(12-29)18(21(31)13-6-2-1-3-7-13)17(24(25,11-28)22(19)32)16-10-14-8-4-5-9-15(14)30-16/h1-3,6-7,10,30H,4-5,8-9H2. The summed E-state index contributed by atoms with van der Waals surface area (Å²) < 4.78 is 0. The van der Waals surface area contributed by atoms with Gasteiger partial charge in [-0.25, -0.2) is 0 Å². The number of Topliss-reactive ketones (excluding diaryl/α,β-unsaturated/α-hetero) is 3. The van der Waals surface area contributed by atoms with Crippen molar-refractivity contribution in [1.29, 1.82) is 10.5 Å². The Bertz CT molecular complexity index is 1400. The number of nitrogens with one attached hydrogen (secondary N) is 1. The number of ketones is 3. The molecule has 3 aliphatic rings. The fourth-order valence-corrected chi connectivity index (χ4v) is 5.71. The largest absolute Gasteiger partial charge is 0.358 e. The quantitative estimate of drug-likeness (QED) is 0.660. The maximum absolute atomic E-state index is 13.7. The highest BCUT2D eigenvalue weighted by Gasteiger charge is 2.78. The zero-order valence-electron chi connectivity index (χ0n) is 17.2. The van der Waals surface area contributed by atoms with Crippen molar-refractivity contribution < 1.29 is 14.4 Å². The molecule has 0 fully saturated rings. The summed E-state index contributed by atoms with van der Waals surface area (Å²) in [4.78, 5) is 43.7. The Morgan fingerprint density at radius 1 is 0.939 bits per heavy atom. The van der Waals surface area contributed by atoms with E-state index < -0.39 is 38.2 Å². The van der Waals surface area contributed by atoms with E-state index in [4.69, 9.17) is 23.2 Å². The number of halogens is 2. The van der Waals surface area contributed by atoms with E-state index >= 15 is 0 Å². The van der Waals surface area contributed by atoms with Gasteiger partial charge in [-0.1, -0.05) is 53.5 Å². The molecule has 8 heteroatoms. The van der Waals surface area contributed by atoms with Gasteiger partial charge in [0.05, 0.1) is 12.1 Å². The minimum Gasteiger partial charge on any atom is -0.358 e. The van der Waals surface area contributed by atoms with E-state index in [-0.39, 0.29) is 16.7 Å². The van der Waals surface area contributed by atoms with Crippen LogP contribution in [0.4, 0.5) is 0 Å². The average molecular weight is 476 g/mol. The molecule has 0 saturated heterocycles. The Kier molecular flexibility index (Phi) is 4.72. The molecule has 0 amide bonds. The van der Waals surface area contributed by atoms with Gasteiger partial charge in [-0.2, -0.15) is 10.5 Å². The number of aromatic nitrogens is 1. The van der Waals surface area contributed by atoms with Crippen molar-refractivity contribution in [3.8, 4) is 12.1 Å². The van der Waals surface area contributed by atoms with Gasteiger partial charge in [-0.3, -0.25) is 14.4 Å². The second-order valence-electron chi connectivity index (χ2n) is 8.35. The summed E-state index contributed by atoms with van der Waals surface area (Å²) in [6, 6.07) is 13.6. The van der Waals surface area contributed by atoms with Gasteiger partial charge >= 0.3 is 0 Å². The van der Waals surface area contributed by atoms with Gasteiger partial charge < -0.3 is 4.98 Å². The lowest BCUT2D eigenvalue weighted by molar-refractivity contribution is -0.134. The summed E-state index contributed by atoms with van der Waals surface area (Å²) in [5, 5.41) is 19.3. The van der Waals surface area contributed by atoms with Crippen LogP contribution in [-0.4, -0.2) is 22.3 Å². The molecule has 1 N–H and O–H groups in total. The van der Waals surface area contributed by atoms with Crippen molar-refractivity contribution in [3.05, 3.63) is 74.6 Å². The van der Waals surface area contributed by atoms with Gasteiger partial charge in [-0.15, -0.1) is 0 Å². The zero-order chi connectivity index (χ0) is 23.5. The number of aryl methyl sites for hydroxylation is 2. The van der Waals surface area contributed by atoms with Crippen LogP contribution in [0.5, 0.6) is 0 Å². The maximum atomic E-state index is 13.7. The number of hydrogen-bond donors (Lipinski definition) is 1. The lowest BCUT2D eigenvalue weighted by atomic mass is 9.41. The third-order valence-corrected chi connectivity index (χ3v) is 7.64. The molecule has 2 atom stereocenters. The van der Waals surface area contributed by atoms with Gasteiger partial charge in [-0.05, 0) is 37.3 Å². The van der Waals surface area contributed by atoms with Gasteiger partial charge in [0.15, 0.2) is 16.6 Å². The number of hydrogen-bond acceptors (Lipinski definition) is 5. The summed E-state index contributed by atoms with van der Waals surface area (Å²) in [5.74, 6) is -2.59. The minimum absolute atomic E-state index is 0.0236. The molecular formula is C25H15Cl2N3O3. The SMILES string of the molecule is N#CC12C(=O)C(Cl)=C(Cl)C(=O)C1(C#N)C(c1cc3c([nH]1)CCCC3)=C2C(=O)c1ccccc1. The van der Waals surface area contributed by atoms with Crippen LogP contribution < -0.4 is 0 Å². The van der Waals surface area contributed by atoms with Crippen molar-refractivity contribution in [2.24, 2.45) is 10.8 Å². The third kappa shape index (κ3) is 2.45. The summed E-state index contributed by atoms with van der Waals surface area (Å²) in [5.41, 5.74) is -2.28. The number of allylic oxidation sites excluding steroid dienone is 4. The third-order valence-electron chi connectivity index (χ3n) is 6.82. The van der Waals surface area contributed by atoms with Crippen molar-refractivity contribution in [1.82, 2.24) is 4.98 Å². The first-order valence-electron chi connectivity index (χ1n) is 10.4. The van der Waals surface area contributed by atoms with Crippen LogP contribution in [0.2, 0.25) is 0 Å². The Balaban J connectivity index is 1.87. The van der Waals surface area contributed by atoms with Crippen molar-refractivity contribution in [2.75, 3.05) is 0 Å². The van der Waals surface area contributed by atoms with E-state index in [0.717, 1.165) is 36.9 Å². The molecule has 3 aliphatic carbocycles. The number of aromatic amines is 1. The molecule has 162 valence electrons. The fourth-order valence-electron chi connectivity index (χ4n) is 5.26. The van der Waals surface area contributed by atoms with Crippen molar-refractivity contribution in [2.45, 2.75) is 25.7 Å². The molecule has 0 saturated carbocycles. The smallest absolute Gasteiger partial charge is 0.203 e. The molecule has 1 aromatic heterocycles. The number of carbonyl (C=O) groups is 3. The van der Waals surface area contributed by atoms with Crippen LogP contribution in [0, 0.1) is 33.5 Å². The summed E-state index contributed by atoms with van der Waals surface area (Å²) in [6.45, 7) is 0. The molecule has 6 nitrogen and oxygen atoms in total. The number of carbonyl (C=O) groups excluding carboxylic acids is 3. The number of H-pyrrole nitrogens is 1. The van der Waals surface area contributed by atoms with Gasteiger partial charge in [0.25, 0.3) is 0 Å². The number of fused-ring (bicyclic) bond motifs is 2. The highest BCUT2D eigenvalue weighted by Crippen LogP contribution is 2.69. The van der Waals surface area contributed by atoms with Crippen LogP contribution in [0.15, 0.2) is 52.0 Å². The van der Waals surface area contributed by atoms with Crippen LogP contribution in [0.3, 0.4) is 0 Å². The molecule has 33 heavy (non-hydrogen) atoms. The molecule has 0 aliphatic heterocycles. The zero-order valence-corrected chi connectivity index (χ0v) is 18.7. The van der Waals surface area contributed by atoms with E-state index in [0.29, 0.717) is 5.69 Å². The number of nitriles is 2. The molecule has 0 spiro atoms. The predicted molar refractivity (Wildman–Crippen MR) is 120 cm³/mol. The normalized spacial score (nSPS) is 26.2. The lowest BCUT2D eigenvalue weighted by Gasteiger charge is -2.52. The Morgan fingerprint density at radius 3 is 2.15 bits per heavy atom. The Morgan fingerprint density at radius 2 is 1.55 bits per heavy atom. The summed E-state index contributed by atoms with van der Waals surface area (Å²) in [7, 11) is 0. The van der Waals surface area contributed by atoms with Gasteiger partial charge in [0, 0.05) is 28.1 Å². The van der Waals surface area contributed by atoms with E-state index in [9.17, 15) is 24.9 Å². The first-order chi connectivity index (χ1) is 15.8. The second-order valence-corrected chi connectivity index (χ2v) is 9.10. The molecule has 2 unspecified atom stereocenters. The van der Waals surface area contributed by atoms with Crippen LogP contribution in [-0.2, 0) is 22.4 Å². The number of rotatable bonds is 3. The second kappa shape index (κ2) is 7.28. The monoisotopic (exact) mass is 475 g/mol. The summed E-state index contributed by atoms with van der Waals surface area (Å²) >= 11 is 12.2. The minimum atomic E-state index is -2.39. The van der Waals surface area contributed by atoms with Crippen LogP contribution >= 0.6 is 23.2 Å². The van der Waals surface area contributed by atoms with E-state index in [1.807, 2.05) is 12.1 Å². The molecule has 5 rings (SSSR count). The maximum Gasteiger partial charge on any atom is 0.203 e. The number of benzene rings is 1. The molecular weight excluding hydrogens is 461 g/mol. The number of nitrogens with zero attached hydrogens (tertiary/aromatic N) is 2. The first kappa shape index (κ1) is 21.4. The van der Waals surface area contributed by atoms with Gasteiger partial charge in [0.2, 0.25) is 11.6 Å². The molecule has 2 aromatic rings. The molecule has 0 radical (unpaired) electrons. The fraction of sp³-hybridized carbons (Fsp3) is 0.240. The van der Waals surface area contributed by atoms with Crippen LogP contribution in [0.25, 0.3) is 5.57 Å². The van der Waals surface area contributed by atoms with Crippen LogP contribution in [0.1, 0.15) is 40.2 Å². The van der Waals surface area contributed by atoms with E-state index in [2.05, 4.69) is 4.98 Å². The Hall–Kier alpha value is -3.45. The average Bonchev–Trinajstić information content (AvgIpc) is 3.26. The Labute approximate surface area is 199 Å². The van der Waals surface area contributed by atoms with E-state index in [1.54, 1.807) is 36.4 Å². The van der Waals surface area contributed by atoms with Crippen molar-refractivity contribution >= 4 is 46.1 Å². The molecule has 0 bridgehead atoms. The lowest BCUT2D eigenvalue weighted by Crippen LogP contribution is -2.64. The highest BCUT2D eigenvalue weighted by atomic mass is 35.5.